The monoisotopic (exact) mass is 450 g/mol. The van der Waals surface area contributed by atoms with Gasteiger partial charge in [-0.2, -0.15) is 47.0 Å². The minimum Gasteiger partial charge on any atom is -0.391 e. The summed E-state index contributed by atoms with van der Waals surface area (Å²) in [4.78, 5) is 0. The molecule has 124 valence electrons. The van der Waals surface area contributed by atoms with Gasteiger partial charge in [-0.1, -0.05) is 0 Å². The van der Waals surface area contributed by atoms with Crippen LogP contribution in [-0.2, 0) is 26.2 Å². The molecule has 4 aliphatic heterocycles. The van der Waals surface area contributed by atoms with Crippen LogP contribution in [0.1, 0.15) is 0 Å². The maximum Gasteiger partial charge on any atom is 0.0720 e. The Bertz CT molecular complexity index is 189. The summed E-state index contributed by atoms with van der Waals surface area (Å²) < 4.78 is 0. The van der Waals surface area contributed by atoms with Crippen LogP contribution in [0.5, 0.6) is 0 Å². The molecular weight excluding hydrogens is 428 g/mol. The average molecular weight is 452 g/mol. The van der Waals surface area contributed by atoms with Crippen molar-refractivity contribution in [1.29, 1.82) is 0 Å². The Morgan fingerprint density at radius 1 is 0.429 bits per heavy atom. The topological polar surface area (TPSA) is 80.9 Å². The minimum absolute atomic E-state index is 0. The molecule has 0 saturated carbocycles. The smallest absolute Gasteiger partial charge is 0.0720 e. The predicted octanol–water partition coefficient (Wildman–Crippen LogP) is 0.374. The predicted molar refractivity (Wildman–Crippen MR) is 93.3 cm³/mol. The van der Waals surface area contributed by atoms with Gasteiger partial charge in [0.2, 0.25) is 0 Å². The van der Waals surface area contributed by atoms with Gasteiger partial charge in [-0.3, -0.25) is 0 Å². The molecule has 4 fully saturated rings. The number of aliphatic hydroxyl groups excluding tert-OH is 4. The molecule has 0 aromatic rings. The van der Waals surface area contributed by atoms with E-state index in [9.17, 15) is 0 Å². The molecule has 0 unspecified atom stereocenters. The van der Waals surface area contributed by atoms with Gasteiger partial charge in [-0.25, -0.2) is 0 Å². The van der Waals surface area contributed by atoms with E-state index in [1.54, 1.807) is 47.0 Å². The summed E-state index contributed by atoms with van der Waals surface area (Å²) in [5.41, 5.74) is 0. The molecule has 4 heterocycles. The molecular formula is C12H24O4S4Zr. The van der Waals surface area contributed by atoms with Crippen molar-refractivity contribution in [3.63, 3.8) is 0 Å². The van der Waals surface area contributed by atoms with Crippen LogP contribution >= 0.6 is 47.0 Å². The van der Waals surface area contributed by atoms with Gasteiger partial charge in [-0.15, -0.1) is 0 Å². The summed E-state index contributed by atoms with van der Waals surface area (Å²) in [6, 6.07) is 0. The first-order valence-electron chi connectivity index (χ1n) is 6.61. The van der Waals surface area contributed by atoms with Gasteiger partial charge >= 0.3 is 0 Å². The Balaban J connectivity index is 0.000000250. The fourth-order valence-corrected chi connectivity index (χ4v) is 2.68. The summed E-state index contributed by atoms with van der Waals surface area (Å²) in [6.45, 7) is 0. The molecule has 0 radical (unpaired) electrons. The number of hydrogen-bond donors (Lipinski definition) is 4. The van der Waals surface area contributed by atoms with Gasteiger partial charge in [0.1, 0.15) is 0 Å². The van der Waals surface area contributed by atoms with E-state index in [0.717, 1.165) is 46.0 Å². The van der Waals surface area contributed by atoms with Gasteiger partial charge in [0, 0.05) is 72.2 Å². The van der Waals surface area contributed by atoms with E-state index in [1.807, 2.05) is 0 Å². The maximum atomic E-state index is 8.43. The van der Waals surface area contributed by atoms with Crippen molar-refractivity contribution in [2.45, 2.75) is 24.4 Å². The summed E-state index contributed by atoms with van der Waals surface area (Å²) in [6.07, 6.45) is 0.111. The Morgan fingerprint density at radius 2 is 0.524 bits per heavy atom. The Morgan fingerprint density at radius 3 is 0.524 bits per heavy atom. The van der Waals surface area contributed by atoms with Gasteiger partial charge < -0.3 is 20.4 Å². The van der Waals surface area contributed by atoms with Crippen LogP contribution in [0.2, 0.25) is 0 Å². The molecule has 0 atom stereocenters. The van der Waals surface area contributed by atoms with Gasteiger partial charge in [0.25, 0.3) is 0 Å². The van der Waals surface area contributed by atoms with Gasteiger partial charge in [-0.05, 0) is 0 Å². The molecule has 4 rings (SSSR count). The third-order valence-electron chi connectivity index (χ3n) is 2.48. The minimum atomic E-state index is 0. The average Bonchev–Trinajstić information content (AvgIpc) is 2.31. The molecule has 4 saturated heterocycles. The van der Waals surface area contributed by atoms with E-state index in [-0.39, 0.29) is 50.6 Å². The van der Waals surface area contributed by atoms with Crippen molar-refractivity contribution in [1.82, 2.24) is 0 Å². The molecule has 4 N–H and O–H groups in total. The number of rotatable bonds is 0. The quantitative estimate of drug-likeness (QED) is 0.421. The molecule has 0 bridgehead atoms. The molecule has 0 aliphatic carbocycles. The zero-order valence-corrected chi connectivity index (χ0v) is 17.6. The number of hydrogen-bond acceptors (Lipinski definition) is 8. The van der Waals surface area contributed by atoms with Crippen LogP contribution in [0.15, 0.2) is 0 Å². The first-order chi connectivity index (χ1) is 9.58. The summed E-state index contributed by atoms with van der Waals surface area (Å²) in [5, 5.41) is 33.7. The fourth-order valence-electron chi connectivity index (χ4n) is 0.893. The number of thioether (sulfide) groups is 4. The SMILES string of the molecule is OC1CSC1.OC1CSC1.OC1CSC1.OC1CSC1.[Zr]. The normalized spacial score (nSPS) is 24.6. The van der Waals surface area contributed by atoms with E-state index >= 15 is 0 Å². The molecule has 0 spiro atoms. The van der Waals surface area contributed by atoms with Crippen molar-refractivity contribution in [3.8, 4) is 0 Å². The van der Waals surface area contributed by atoms with Crippen LogP contribution < -0.4 is 0 Å². The second-order valence-corrected chi connectivity index (χ2v) is 9.06. The van der Waals surface area contributed by atoms with Crippen molar-refractivity contribution >= 4 is 47.0 Å². The van der Waals surface area contributed by atoms with Crippen LogP contribution in [0.25, 0.3) is 0 Å². The molecule has 21 heavy (non-hydrogen) atoms. The third-order valence-corrected chi connectivity index (χ3v) is 7.45. The van der Waals surface area contributed by atoms with Crippen LogP contribution in [0.4, 0.5) is 0 Å². The molecule has 9 heteroatoms. The van der Waals surface area contributed by atoms with E-state index in [1.165, 1.54) is 0 Å². The first kappa shape index (κ1) is 23.1. The maximum absolute atomic E-state index is 8.43. The first-order valence-corrected chi connectivity index (χ1v) is 11.2. The fraction of sp³-hybridized carbons (Fsp3) is 1.00. The van der Waals surface area contributed by atoms with E-state index in [4.69, 9.17) is 20.4 Å². The largest absolute Gasteiger partial charge is 0.391 e. The third kappa shape index (κ3) is 13.1. The van der Waals surface area contributed by atoms with E-state index in [0.29, 0.717) is 0 Å². The van der Waals surface area contributed by atoms with E-state index in [2.05, 4.69) is 0 Å². The molecule has 0 aromatic heterocycles. The standard InChI is InChI=1S/4C3H6OS.Zr/c4*4-3-1-5-2-3;/h4*3-4H,1-2H2;. The Labute approximate surface area is 163 Å². The van der Waals surface area contributed by atoms with Crippen molar-refractivity contribution in [2.75, 3.05) is 46.0 Å². The zero-order chi connectivity index (χ0) is 14.8. The van der Waals surface area contributed by atoms with Crippen LogP contribution in [0, 0.1) is 0 Å². The molecule has 0 aromatic carbocycles. The zero-order valence-electron chi connectivity index (χ0n) is 11.9. The van der Waals surface area contributed by atoms with Crippen molar-refractivity contribution in [2.24, 2.45) is 0 Å². The molecule has 0 amide bonds. The van der Waals surface area contributed by atoms with Crippen molar-refractivity contribution < 1.29 is 46.6 Å². The molecule has 4 nitrogen and oxygen atoms in total. The number of aliphatic hydroxyl groups is 4. The van der Waals surface area contributed by atoms with Crippen molar-refractivity contribution in [3.05, 3.63) is 0 Å². The van der Waals surface area contributed by atoms with Crippen LogP contribution in [0.3, 0.4) is 0 Å². The summed E-state index contributed by atoms with van der Waals surface area (Å²) in [5.74, 6) is 7.67. The summed E-state index contributed by atoms with van der Waals surface area (Å²) >= 11 is 7.18. The van der Waals surface area contributed by atoms with Crippen LogP contribution in [-0.4, -0.2) is 90.9 Å². The second kappa shape index (κ2) is 14.5. The van der Waals surface area contributed by atoms with E-state index < -0.39 is 0 Å². The van der Waals surface area contributed by atoms with Gasteiger partial charge in [0.15, 0.2) is 0 Å². The molecule has 4 aliphatic rings. The summed E-state index contributed by atoms with van der Waals surface area (Å²) in [7, 11) is 0. The Kier molecular flexibility index (Phi) is 15.9. The van der Waals surface area contributed by atoms with Gasteiger partial charge in [0.05, 0.1) is 24.4 Å². The second-order valence-electron chi connectivity index (χ2n) is 4.77. The Hall–Kier alpha value is 2.12.